The fourth-order valence-electron chi connectivity index (χ4n) is 3.77. The topological polar surface area (TPSA) is 57.2 Å². The van der Waals surface area contributed by atoms with Gasteiger partial charge in [0.1, 0.15) is 5.75 Å². The molecule has 172 valence electrons. The Bertz CT molecular complexity index is 909. The minimum absolute atomic E-state index is 0.106. The number of carbonyl (C=O) groups excluding carboxylic acids is 1. The molecule has 7 heteroatoms. The third-order valence-corrected chi connectivity index (χ3v) is 5.80. The van der Waals surface area contributed by atoms with Gasteiger partial charge in [0.2, 0.25) is 0 Å². The number of hydrogen-bond acceptors (Lipinski definition) is 4. The normalized spacial score (nSPS) is 15.9. The summed E-state index contributed by atoms with van der Waals surface area (Å²) in [4.78, 5) is 15.3. The molecule has 0 saturated carbocycles. The summed E-state index contributed by atoms with van der Waals surface area (Å²) in [7, 11) is 0. The van der Waals surface area contributed by atoms with Crippen LogP contribution in [0, 0.1) is 5.92 Å². The Hall–Kier alpha value is -2.57. The third-order valence-electron chi connectivity index (χ3n) is 5.55. The molecule has 0 radical (unpaired) electrons. The van der Waals surface area contributed by atoms with E-state index in [1.54, 1.807) is 0 Å². The third kappa shape index (κ3) is 6.47. The van der Waals surface area contributed by atoms with Crippen molar-refractivity contribution in [1.82, 2.24) is 9.91 Å². The SMILES string of the molecule is CCN(CC)CCC1CN(C(=O)Nc2ccc(OC(C)C)cc2)N=C1c1ccc(Cl)cc1. The van der Waals surface area contributed by atoms with E-state index in [4.69, 9.17) is 21.4 Å². The molecule has 1 heterocycles. The molecule has 1 aliphatic rings. The molecule has 6 nitrogen and oxygen atoms in total. The lowest BCUT2D eigenvalue weighted by atomic mass is 9.94. The lowest BCUT2D eigenvalue weighted by Gasteiger charge is -2.21. The summed E-state index contributed by atoms with van der Waals surface area (Å²) >= 11 is 6.07. The highest BCUT2D eigenvalue weighted by Gasteiger charge is 2.31. The summed E-state index contributed by atoms with van der Waals surface area (Å²) in [5, 5.41) is 9.87. The van der Waals surface area contributed by atoms with E-state index in [2.05, 4.69) is 24.1 Å². The molecule has 32 heavy (non-hydrogen) atoms. The number of nitrogens with zero attached hydrogens (tertiary/aromatic N) is 3. The van der Waals surface area contributed by atoms with Gasteiger partial charge in [0.25, 0.3) is 0 Å². The summed E-state index contributed by atoms with van der Waals surface area (Å²) in [6.45, 7) is 11.9. The van der Waals surface area contributed by atoms with E-state index in [1.807, 2.05) is 62.4 Å². The largest absolute Gasteiger partial charge is 0.491 e. The Morgan fingerprint density at radius 2 is 1.81 bits per heavy atom. The first kappa shape index (κ1) is 24.1. The first-order valence-electron chi connectivity index (χ1n) is 11.3. The maximum Gasteiger partial charge on any atom is 0.342 e. The van der Waals surface area contributed by atoms with Gasteiger partial charge in [0.05, 0.1) is 18.4 Å². The van der Waals surface area contributed by atoms with E-state index in [0.29, 0.717) is 17.3 Å². The predicted octanol–water partition coefficient (Wildman–Crippen LogP) is 5.73. The Kier molecular flexibility index (Phi) is 8.53. The summed E-state index contributed by atoms with van der Waals surface area (Å²) in [5.41, 5.74) is 2.65. The minimum atomic E-state index is -0.237. The molecule has 1 atom stereocenters. The van der Waals surface area contributed by atoms with E-state index in [-0.39, 0.29) is 18.1 Å². The molecule has 2 aromatic rings. The van der Waals surface area contributed by atoms with E-state index in [0.717, 1.165) is 43.1 Å². The second kappa shape index (κ2) is 11.3. The van der Waals surface area contributed by atoms with Crippen molar-refractivity contribution < 1.29 is 9.53 Å². The molecule has 3 rings (SSSR count). The number of hydrogen-bond donors (Lipinski definition) is 1. The zero-order valence-corrected chi connectivity index (χ0v) is 20.1. The minimum Gasteiger partial charge on any atom is -0.491 e. The van der Waals surface area contributed by atoms with Crippen LogP contribution in [0.15, 0.2) is 53.6 Å². The number of amides is 2. The fraction of sp³-hybridized carbons (Fsp3) is 0.440. The Morgan fingerprint density at radius 1 is 1.16 bits per heavy atom. The number of benzene rings is 2. The van der Waals surface area contributed by atoms with Gasteiger partial charge in [0.15, 0.2) is 0 Å². The van der Waals surface area contributed by atoms with Crippen molar-refractivity contribution in [3.8, 4) is 5.75 Å². The second-order valence-corrected chi connectivity index (χ2v) is 8.64. The molecular weight excluding hydrogens is 424 g/mol. The summed E-state index contributed by atoms with van der Waals surface area (Å²) in [5.74, 6) is 0.947. The van der Waals surface area contributed by atoms with Gasteiger partial charge in [-0.1, -0.05) is 37.6 Å². The standard InChI is InChI=1S/C25H33ClN4O2/c1-5-29(6-2)16-15-20-17-30(28-24(20)19-7-9-21(26)10-8-19)25(31)27-22-11-13-23(14-12-22)32-18(3)4/h7-14,18,20H,5-6,15-17H2,1-4H3,(H,27,31). The number of rotatable bonds is 9. The average Bonchev–Trinajstić information content (AvgIpc) is 3.20. The predicted molar refractivity (Wildman–Crippen MR) is 132 cm³/mol. The molecule has 0 saturated heterocycles. The molecule has 2 amide bonds. The highest BCUT2D eigenvalue weighted by molar-refractivity contribution is 6.30. The van der Waals surface area contributed by atoms with Crippen LogP contribution in [0.2, 0.25) is 5.02 Å². The van der Waals surface area contributed by atoms with E-state index in [1.165, 1.54) is 5.01 Å². The van der Waals surface area contributed by atoms with Crippen molar-refractivity contribution in [3.63, 3.8) is 0 Å². The maximum absolute atomic E-state index is 12.9. The number of hydrazone groups is 1. The Labute approximate surface area is 196 Å². The average molecular weight is 457 g/mol. The van der Waals surface area contributed by atoms with Crippen molar-refractivity contribution in [2.45, 2.75) is 40.2 Å². The summed E-state index contributed by atoms with van der Waals surface area (Å²) in [6, 6.07) is 14.8. The van der Waals surface area contributed by atoms with Crippen LogP contribution in [0.25, 0.3) is 0 Å². The van der Waals surface area contributed by atoms with Gasteiger partial charge in [-0.15, -0.1) is 0 Å². The molecule has 0 aliphatic carbocycles. The molecule has 1 unspecified atom stereocenters. The zero-order chi connectivity index (χ0) is 23.1. The summed E-state index contributed by atoms with van der Waals surface area (Å²) in [6.07, 6.45) is 1.04. The molecule has 0 spiro atoms. The van der Waals surface area contributed by atoms with Gasteiger partial charge in [-0.3, -0.25) is 0 Å². The smallest absolute Gasteiger partial charge is 0.342 e. The van der Waals surface area contributed by atoms with Gasteiger partial charge >= 0.3 is 6.03 Å². The highest BCUT2D eigenvalue weighted by Crippen LogP contribution is 2.25. The quantitative estimate of drug-likeness (QED) is 0.524. The number of carbonyl (C=O) groups is 1. The van der Waals surface area contributed by atoms with E-state index >= 15 is 0 Å². The van der Waals surface area contributed by atoms with E-state index in [9.17, 15) is 4.79 Å². The number of ether oxygens (including phenoxy) is 1. The lowest BCUT2D eigenvalue weighted by Crippen LogP contribution is -2.32. The Morgan fingerprint density at radius 3 is 2.41 bits per heavy atom. The van der Waals surface area contributed by atoms with Crippen LogP contribution >= 0.6 is 11.6 Å². The van der Waals surface area contributed by atoms with Gasteiger partial charge in [-0.2, -0.15) is 5.10 Å². The van der Waals surface area contributed by atoms with Crippen LogP contribution < -0.4 is 10.1 Å². The van der Waals surface area contributed by atoms with Crippen molar-refractivity contribution in [2.24, 2.45) is 11.0 Å². The van der Waals surface area contributed by atoms with Crippen molar-refractivity contribution in [2.75, 3.05) is 31.5 Å². The molecule has 0 fully saturated rings. The lowest BCUT2D eigenvalue weighted by molar-refractivity contribution is 0.213. The number of urea groups is 1. The van der Waals surface area contributed by atoms with Crippen LogP contribution in [-0.2, 0) is 0 Å². The first-order chi connectivity index (χ1) is 15.4. The van der Waals surface area contributed by atoms with Gasteiger partial charge < -0.3 is 15.0 Å². The number of anilines is 1. The van der Waals surface area contributed by atoms with Gasteiger partial charge in [0, 0.05) is 16.6 Å². The molecule has 0 bridgehead atoms. The molecule has 1 N–H and O–H groups in total. The molecule has 0 aromatic heterocycles. The summed E-state index contributed by atoms with van der Waals surface area (Å²) < 4.78 is 5.67. The Balaban J connectivity index is 1.72. The zero-order valence-electron chi connectivity index (χ0n) is 19.3. The molecule has 1 aliphatic heterocycles. The number of nitrogens with one attached hydrogen (secondary N) is 1. The second-order valence-electron chi connectivity index (χ2n) is 8.21. The first-order valence-corrected chi connectivity index (χ1v) is 11.7. The van der Waals surface area contributed by atoms with Crippen molar-refractivity contribution in [1.29, 1.82) is 0 Å². The number of halogens is 1. The van der Waals surface area contributed by atoms with Crippen molar-refractivity contribution in [3.05, 3.63) is 59.1 Å². The van der Waals surface area contributed by atoms with Crippen LogP contribution in [0.3, 0.4) is 0 Å². The van der Waals surface area contributed by atoms with E-state index < -0.39 is 0 Å². The van der Waals surface area contributed by atoms with Gasteiger partial charge in [-0.05, 0) is 81.9 Å². The molecule has 2 aromatic carbocycles. The van der Waals surface area contributed by atoms with Crippen LogP contribution in [-0.4, -0.2) is 53.9 Å². The van der Waals surface area contributed by atoms with Gasteiger partial charge in [-0.25, -0.2) is 9.80 Å². The van der Waals surface area contributed by atoms with Crippen LogP contribution in [0.4, 0.5) is 10.5 Å². The van der Waals surface area contributed by atoms with Crippen molar-refractivity contribution >= 4 is 29.0 Å². The maximum atomic E-state index is 12.9. The monoisotopic (exact) mass is 456 g/mol. The highest BCUT2D eigenvalue weighted by atomic mass is 35.5. The van der Waals surface area contributed by atoms with Crippen LogP contribution in [0.5, 0.6) is 5.75 Å². The molecular formula is C25H33ClN4O2. The fourth-order valence-corrected chi connectivity index (χ4v) is 3.90. The van der Waals surface area contributed by atoms with Crippen LogP contribution in [0.1, 0.15) is 39.7 Å².